The van der Waals surface area contributed by atoms with Crippen molar-refractivity contribution in [1.29, 1.82) is 0 Å². The van der Waals surface area contributed by atoms with Gasteiger partial charge in [0.25, 0.3) is 0 Å². The van der Waals surface area contributed by atoms with E-state index in [1.807, 2.05) is 25.3 Å². The number of carbonyl (C=O) groups excluding carboxylic acids is 1. The van der Waals surface area contributed by atoms with Gasteiger partial charge in [-0.15, -0.1) is 0 Å². The maximum absolute atomic E-state index is 12.8. The smallest absolute Gasteiger partial charge is 0.410 e. The molecular formula is C19H33Br2N3O3Si. The number of amides is 1. The van der Waals surface area contributed by atoms with Crippen LogP contribution in [0, 0.1) is 5.92 Å². The second-order valence-corrected chi connectivity index (χ2v) is 16.9. The van der Waals surface area contributed by atoms with Crippen molar-refractivity contribution in [3.63, 3.8) is 0 Å². The molecule has 28 heavy (non-hydrogen) atoms. The first kappa shape index (κ1) is 23.9. The Kier molecular flexibility index (Phi) is 7.83. The third-order valence-corrected chi connectivity index (χ3v) is 8.14. The van der Waals surface area contributed by atoms with Crippen LogP contribution in [-0.4, -0.2) is 47.4 Å². The van der Waals surface area contributed by atoms with Crippen molar-refractivity contribution in [3.8, 4) is 0 Å². The molecule has 1 fully saturated rings. The number of rotatable bonds is 6. The number of imidazole rings is 1. The Morgan fingerprint density at radius 3 is 2.50 bits per heavy atom. The number of hydrogen-bond donors (Lipinski definition) is 0. The molecule has 2 atom stereocenters. The summed E-state index contributed by atoms with van der Waals surface area (Å²) in [6, 6.07) is 0.980. The number of hydrogen-bond acceptors (Lipinski definition) is 4. The average Bonchev–Trinajstić information content (AvgIpc) is 3.03. The number of halogens is 2. The highest BCUT2D eigenvalue weighted by Crippen LogP contribution is 2.38. The first-order chi connectivity index (χ1) is 12.8. The molecule has 1 aromatic heterocycles. The third kappa shape index (κ3) is 6.57. The van der Waals surface area contributed by atoms with Gasteiger partial charge in [0.05, 0.1) is 6.04 Å². The van der Waals surface area contributed by atoms with Crippen LogP contribution in [-0.2, 0) is 16.2 Å². The Bertz CT molecular complexity index is 698. The van der Waals surface area contributed by atoms with Crippen LogP contribution in [0.5, 0.6) is 0 Å². The molecule has 1 saturated heterocycles. The second-order valence-electron chi connectivity index (χ2n) is 9.82. The molecule has 0 bridgehead atoms. The first-order valence-corrected chi connectivity index (χ1v) is 15.1. The minimum atomic E-state index is -1.14. The van der Waals surface area contributed by atoms with Crippen molar-refractivity contribution in [1.82, 2.24) is 14.5 Å². The summed E-state index contributed by atoms with van der Waals surface area (Å²) in [6.07, 6.45) is 0.563. The van der Waals surface area contributed by atoms with Gasteiger partial charge in [0.15, 0.2) is 0 Å². The molecule has 2 rings (SSSR count). The van der Waals surface area contributed by atoms with E-state index in [4.69, 9.17) is 14.5 Å². The van der Waals surface area contributed by atoms with Gasteiger partial charge in [0, 0.05) is 21.2 Å². The number of ether oxygens (including phenoxy) is 2. The molecule has 0 aromatic carbocycles. The Morgan fingerprint density at radius 1 is 1.29 bits per heavy atom. The molecule has 0 saturated carbocycles. The minimum Gasteiger partial charge on any atom is -0.444 e. The fourth-order valence-electron chi connectivity index (χ4n) is 3.14. The van der Waals surface area contributed by atoms with Crippen molar-refractivity contribution in [3.05, 3.63) is 15.0 Å². The topological polar surface area (TPSA) is 56.6 Å². The van der Waals surface area contributed by atoms with Crippen molar-refractivity contribution in [2.45, 2.75) is 78.2 Å². The summed E-state index contributed by atoms with van der Waals surface area (Å²) in [7, 11) is -1.14. The highest BCUT2D eigenvalue weighted by atomic mass is 79.9. The van der Waals surface area contributed by atoms with Crippen LogP contribution >= 0.6 is 31.9 Å². The SMILES string of the molecule is C[C@H]1CC(c2nc(Br)c(Br)n2COCC[Si](C)(C)C)N(C(=O)OC(C)(C)C)C1. The van der Waals surface area contributed by atoms with Crippen LogP contribution in [0.25, 0.3) is 0 Å². The molecule has 1 aliphatic heterocycles. The monoisotopic (exact) mass is 537 g/mol. The number of carbonyl (C=O) groups is 1. The molecule has 0 N–H and O–H groups in total. The van der Waals surface area contributed by atoms with Crippen LogP contribution in [0.2, 0.25) is 25.7 Å². The second kappa shape index (κ2) is 9.18. The average molecular weight is 539 g/mol. The van der Waals surface area contributed by atoms with E-state index in [-0.39, 0.29) is 12.1 Å². The standard InChI is InChI=1S/C19H33Br2N3O3Si/c1-13-10-14(23(11-13)18(25)27-19(2,3)4)17-22-15(20)16(21)24(17)12-26-8-9-28(5,6)7/h13-14H,8-12H2,1-7H3/t13-,14?/m0/s1. The van der Waals surface area contributed by atoms with Crippen LogP contribution in [0.4, 0.5) is 4.79 Å². The molecule has 9 heteroatoms. The highest BCUT2D eigenvalue weighted by molar-refractivity contribution is 9.13. The summed E-state index contributed by atoms with van der Waals surface area (Å²) in [4.78, 5) is 19.3. The van der Waals surface area contributed by atoms with E-state index in [9.17, 15) is 4.79 Å². The summed E-state index contributed by atoms with van der Waals surface area (Å²) in [5.41, 5.74) is -0.524. The number of nitrogens with zero attached hydrogens (tertiary/aromatic N) is 3. The van der Waals surface area contributed by atoms with E-state index in [1.54, 1.807) is 4.90 Å². The largest absolute Gasteiger partial charge is 0.444 e. The summed E-state index contributed by atoms with van der Waals surface area (Å²) >= 11 is 7.12. The van der Waals surface area contributed by atoms with Gasteiger partial charge < -0.3 is 9.47 Å². The zero-order chi connectivity index (χ0) is 21.3. The molecule has 0 aliphatic carbocycles. The Morgan fingerprint density at radius 2 is 1.93 bits per heavy atom. The lowest BCUT2D eigenvalue weighted by molar-refractivity contribution is 0.0199. The van der Waals surface area contributed by atoms with E-state index >= 15 is 0 Å². The van der Waals surface area contributed by atoms with E-state index in [0.717, 1.165) is 34.1 Å². The van der Waals surface area contributed by atoms with Crippen molar-refractivity contribution >= 4 is 46.0 Å². The number of likely N-dealkylation sites (tertiary alicyclic amines) is 1. The van der Waals surface area contributed by atoms with Gasteiger partial charge in [-0.3, -0.25) is 9.47 Å². The summed E-state index contributed by atoms with van der Waals surface area (Å²) in [5.74, 6) is 1.20. The lowest BCUT2D eigenvalue weighted by atomic mass is 10.1. The van der Waals surface area contributed by atoms with Gasteiger partial charge in [0.2, 0.25) is 0 Å². The summed E-state index contributed by atoms with van der Waals surface area (Å²) in [5, 5.41) is 0. The zero-order valence-electron chi connectivity index (χ0n) is 18.0. The predicted molar refractivity (Wildman–Crippen MR) is 121 cm³/mol. The summed E-state index contributed by atoms with van der Waals surface area (Å²) in [6.45, 7) is 16.6. The molecular weight excluding hydrogens is 506 g/mol. The van der Waals surface area contributed by atoms with E-state index in [2.05, 4.69) is 58.4 Å². The van der Waals surface area contributed by atoms with E-state index < -0.39 is 13.7 Å². The molecule has 1 amide bonds. The van der Waals surface area contributed by atoms with Gasteiger partial charge in [-0.2, -0.15) is 0 Å². The van der Waals surface area contributed by atoms with E-state index in [1.165, 1.54) is 0 Å². The van der Waals surface area contributed by atoms with Crippen molar-refractivity contribution < 1.29 is 14.3 Å². The predicted octanol–water partition coefficient (Wildman–Crippen LogP) is 6.04. The van der Waals surface area contributed by atoms with Crippen LogP contribution in [0.3, 0.4) is 0 Å². The quantitative estimate of drug-likeness (QED) is 0.327. The third-order valence-electron chi connectivity index (χ3n) is 4.55. The maximum Gasteiger partial charge on any atom is 0.410 e. The number of aromatic nitrogens is 2. The Labute approximate surface area is 186 Å². The summed E-state index contributed by atoms with van der Waals surface area (Å²) < 4.78 is 15.2. The normalized spacial score (nSPS) is 20.7. The van der Waals surface area contributed by atoms with Gasteiger partial charge in [-0.1, -0.05) is 26.6 Å². The molecule has 6 nitrogen and oxygen atoms in total. The molecule has 160 valence electrons. The zero-order valence-corrected chi connectivity index (χ0v) is 22.2. The van der Waals surface area contributed by atoms with Gasteiger partial charge in [0.1, 0.15) is 27.4 Å². The highest BCUT2D eigenvalue weighted by Gasteiger charge is 2.39. The van der Waals surface area contributed by atoms with Gasteiger partial charge >= 0.3 is 6.09 Å². The lowest BCUT2D eigenvalue weighted by Crippen LogP contribution is -2.37. The molecule has 1 aromatic rings. The fraction of sp³-hybridized carbons (Fsp3) is 0.789. The molecule has 0 radical (unpaired) electrons. The molecule has 2 heterocycles. The fourth-order valence-corrected chi connectivity index (χ4v) is 4.67. The lowest BCUT2D eigenvalue weighted by Gasteiger charge is -2.28. The van der Waals surface area contributed by atoms with Crippen LogP contribution in [0.15, 0.2) is 9.21 Å². The minimum absolute atomic E-state index is 0.131. The first-order valence-electron chi connectivity index (χ1n) is 9.77. The van der Waals surface area contributed by atoms with E-state index in [0.29, 0.717) is 19.2 Å². The molecule has 1 aliphatic rings. The Hall–Kier alpha value is -0.383. The van der Waals surface area contributed by atoms with Gasteiger partial charge in [-0.05, 0) is 71.0 Å². The van der Waals surface area contributed by atoms with Crippen LogP contribution in [0.1, 0.15) is 46.0 Å². The maximum atomic E-state index is 12.8. The van der Waals surface area contributed by atoms with Crippen molar-refractivity contribution in [2.24, 2.45) is 5.92 Å². The van der Waals surface area contributed by atoms with Gasteiger partial charge in [-0.25, -0.2) is 9.78 Å². The molecule has 0 spiro atoms. The van der Waals surface area contributed by atoms with Crippen LogP contribution < -0.4 is 0 Å². The Balaban J connectivity index is 2.20. The van der Waals surface area contributed by atoms with Crippen molar-refractivity contribution in [2.75, 3.05) is 13.2 Å². The molecule has 1 unspecified atom stereocenters.